The van der Waals surface area contributed by atoms with Crippen molar-refractivity contribution >= 4 is 11.8 Å². The van der Waals surface area contributed by atoms with Crippen molar-refractivity contribution in [2.45, 2.75) is 10.9 Å². The number of methoxy groups -OCH3 is 2. The topological polar surface area (TPSA) is 101 Å². The SMILES string of the molecule is COc1ccc(-c2noc(CSc3nnc(-c4ccncc4)n3-c3ccccc3)n2)cc1OC. The number of benzene rings is 2. The lowest BCUT2D eigenvalue weighted by Crippen LogP contribution is -1.99. The highest BCUT2D eigenvalue weighted by Gasteiger charge is 2.18. The molecule has 170 valence electrons. The second-order valence-electron chi connectivity index (χ2n) is 7.08. The number of para-hydroxylation sites is 1. The summed E-state index contributed by atoms with van der Waals surface area (Å²) in [4.78, 5) is 8.63. The van der Waals surface area contributed by atoms with Gasteiger partial charge in [0, 0.05) is 29.2 Å². The summed E-state index contributed by atoms with van der Waals surface area (Å²) in [5, 5.41) is 13.7. The third-order valence-corrected chi connectivity index (χ3v) is 5.93. The van der Waals surface area contributed by atoms with Crippen LogP contribution >= 0.6 is 11.8 Å². The fraction of sp³-hybridized carbons (Fsp3) is 0.125. The Morgan fingerprint density at radius 3 is 2.44 bits per heavy atom. The quantitative estimate of drug-likeness (QED) is 0.298. The van der Waals surface area contributed by atoms with Gasteiger partial charge in [0.25, 0.3) is 0 Å². The monoisotopic (exact) mass is 472 g/mol. The molecule has 0 aliphatic rings. The average Bonchev–Trinajstić information content (AvgIpc) is 3.55. The Labute approximate surface area is 199 Å². The molecule has 0 spiro atoms. The van der Waals surface area contributed by atoms with Gasteiger partial charge < -0.3 is 14.0 Å². The Kier molecular flexibility index (Phi) is 6.21. The smallest absolute Gasteiger partial charge is 0.237 e. The maximum atomic E-state index is 5.49. The van der Waals surface area contributed by atoms with Gasteiger partial charge in [-0.25, -0.2) is 0 Å². The molecule has 0 radical (unpaired) electrons. The zero-order valence-electron chi connectivity index (χ0n) is 18.5. The first-order chi connectivity index (χ1) is 16.8. The molecule has 0 amide bonds. The summed E-state index contributed by atoms with van der Waals surface area (Å²) in [6.45, 7) is 0. The van der Waals surface area contributed by atoms with Crippen LogP contribution < -0.4 is 9.47 Å². The number of hydrogen-bond acceptors (Lipinski definition) is 9. The van der Waals surface area contributed by atoms with E-state index >= 15 is 0 Å². The summed E-state index contributed by atoms with van der Waals surface area (Å²) in [6, 6.07) is 19.3. The Morgan fingerprint density at radius 2 is 1.68 bits per heavy atom. The first-order valence-corrected chi connectivity index (χ1v) is 11.3. The maximum absolute atomic E-state index is 5.49. The van der Waals surface area contributed by atoms with Gasteiger partial charge in [0.05, 0.1) is 20.0 Å². The second-order valence-corrected chi connectivity index (χ2v) is 8.03. The minimum atomic E-state index is 0.432. The summed E-state index contributed by atoms with van der Waals surface area (Å²) in [5.41, 5.74) is 2.65. The van der Waals surface area contributed by atoms with E-state index in [9.17, 15) is 0 Å². The van der Waals surface area contributed by atoms with E-state index in [0.717, 1.165) is 22.6 Å². The van der Waals surface area contributed by atoms with Crippen LogP contribution in [0.15, 0.2) is 82.7 Å². The van der Waals surface area contributed by atoms with Crippen LogP contribution in [0.2, 0.25) is 0 Å². The second kappa shape index (κ2) is 9.75. The number of ether oxygens (including phenoxy) is 2. The van der Waals surface area contributed by atoms with Crippen LogP contribution in [0, 0.1) is 0 Å². The molecule has 0 atom stereocenters. The van der Waals surface area contributed by atoms with E-state index in [-0.39, 0.29) is 0 Å². The summed E-state index contributed by atoms with van der Waals surface area (Å²) in [5.74, 6) is 3.34. The molecule has 3 aromatic heterocycles. The molecule has 9 nitrogen and oxygen atoms in total. The van der Waals surface area contributed by atoms with E-state index in [4.69, 9.17) is 14.0 Å². The van der Waals surface area contributed by atoms with Gasteiger partial charge in [-0.1, -0.05) is 35.1 Å². The number of pyridine rings is 1. The van der Waals surface area contributed by atoms with E-state index in [1.165, 1.54) is 11.8 Å². The lowest BCUT2D eigenvalue weighted by Gasteiger charge is -2.09. The molecule has 0 fully saturated rings. The number of nitrogens with zero attached hydrogens (tertiary/aromatic N) is 6. The molecule has 3 heterocycles. The molecular formula is C24H20N6O3S. The fourth-order valence-corrected chi connectivity index (χ4v) is 4.18. The lowest BCUT2D eigenvalue weighted by molar-refractivity contribution is 0.355. The van der Waals surface area contributed by atoms with E-state index in [0.29, 0.717) is 34.1 Å². The van der Waals surface area contributed by atoms with Crippen molar-refractivity contribution < 1.29 is 14.0 Å². The van der Waals surface area contributed by atoms with E-state index in [2.05, 4.69) is 25.3 Å². The first-order valence-electron chi connectivity index (χ1n) is 10.4. The number of aromatic nitrogens is 6. The predicted molar refractivity (Wildman–Crippen MR) is 127 cm³/mol. The zero-order valence-corrected chi connectivity index (χ0v) is 19.3. The van der Waals surface area contributed by atoms with Crippen molar-refractivity contribution in [3.63, 3.8) is 0 Å². The molecule has 0 unspecified atom stereocenters. The molecule has 0 aliphatic carbocycles. The van der Waals surface area contributed by atoms with Gasteiger partial charge in [-0.15, -0.1) is 10.2 Å². The molecule has 0 N–H and O–H groups in total. The third kappa shape index (κ3) is 4.35. The fourth-order valence-electron chi connectivity index (χ4n) is 3.39. The van der Waals surface area contributed by atoms with Crippen LogP contribution in [0.5, 0.6) is 11.5 Å². The van der Waals surface area contributed by atoms with Crippen molar-refractivity contribution in [1.82, 2.24) is 29.9 Å². The number of hydrogen-bond donors (Lipinski definition) is 0. The first kappa shape index (κ1) is 21.7. The van der Waals surface area contributed by atoms with Crippen LogP contribution in [0.3, 0.4) is 0 Å². The highest BCUT2D eigenvalue weighted by molar-refractivity contribution is 7.98. The normalized spacial score (nSPS) is 10.9. The van der Waals surface area contributed by atoms with E-state index < -0.39 is 0 Å². The summed E-state index contributed by atoms with van der Waals surface area (Å²) < 4.78 is 18.2. The van der Waals surface area contributed by atoms with Gasteiger partial charge in [-0.2, -0.15) is 4.98 Å². The molecule has 0 saturated heterocycles. The molecule has 10 heteroatoms. The largest absolute Gasteiger partial charge is 0.493 e. The Morgan fingerprint density at radius 1 is 0.882 bits per heavy atom. The van der Waals surface area contributed by atoms with Crippen LogP contribution in [0.25, 0.3) is 28.5 Å². The summed E-state index contributed by atoms with van der Waals surface area (Å²) >= 11 is 1.47. The van der Waals surface area contributed by atoms with E-state index in [1.54, 1.807) is 26.6 Å². The molecule has 0 aliphatic heterocycles. The third-order valence-electron chi connectivity index (χ3n) is 5.02. The Balaban J connectivity index is 1.40. The van der Waals surface area contributed by atoms with Crippen LogP contribution in [0.1, 0.15) is 5.89 Å². The van der Waals surface area contributed by atoms with Gasteiger partial charge in [0.1, 0.15) is 0 Å². The molecule has 0 bridgehead atoms. The Hall–Kier alpha value is -4.18. The van der Waals surface area contributed by atoms with Gasteiger partial charge in [0.2, 0.25) is 11.7 Å². The van der Waals surface area contributed by atoms with E-state index in [1.807, 2.05) is 65.2 Å². The molecule has 5 rings (SSSR count). The van der Waals surface area contributed by atoms with Crippen molar-refractivity contribution in [3.8, 4) is 40.0 Å². The minimum absolute atomic E-state index is 0.432. The Bertz CT molecular complexity index is 1390. The van der Waals surface area contributed by atoms with Crippen LogP contribution in [-0.2, 0) is 5.75 Å². The zero-order chi connectivity index (χ0) is 23.3. The molecule has 0 saturated carbocycles. The van der Waals surface area contributed by atoms with Gasteiger partial charge >= 0.3 is 0 Å². The van der Waals surface area contributed by atoms with Gasteiger partial charge in [-0.05, 0) is 42.5 Å². The molecular weight excluding hydrogens is 452 g/mol. The summed E-state index contributed by atoms with van der Waals surface area (Å²) in [7, 11) is 3.18. The maximum Gasteiger partial charge on any atom is 0.237 e. The van der Waals surface area contributed by atoms with Gasteiger partial charge in [-0.3, -0.25) is 9.55 Å². The van der Waals surface area contributed by atoms with Crippen LogP contribution in [0.4, 0.5) is 0 Å². The van der Waals surface area contributed by atoms with Crippen molar-refractivity contribution in [1.29, 1.82) is 0 Å². The average molecular weight is 473 g/mol. The van der Waals surface area contributed by atoms with Crippen molar-refractivity contribution in [2.75, 3.05) is 14.2 Å². The van der Waals surface area contributed by atoms with Crippen molar-refractivity contribution in [2.24, 2.45) is 0 Å². The standard InChI is InChI=1S/C24H20N6O3S/c1-31-19-9-8-17(14-20(19)32-2)22-26-21(33-29-22)15-34-24-28-27-23(16-10-12-25-13-11-16)30(24)18-6-4-3-5-7-18/h3-14H,15H2,1-2H3. The number of rotatable bonds is 8. The number of thioether (sulfide) groups is 1. The molecule has 2 aromatic carbocycles. The van der Waals surface area contributed by atoms with Gasteiger partial charge in [0.15, 0.2) is 22.5 Å². The highest BCUT2D eigenvalue weighted by atomic mass is 32.2. The minimum Gasteiger partial charge on any atom is -0.493 e. The molecule has 5 aromatic rings. The predicted octanol–water partition coefficient (Wildman–Crippen LogP) is 4.69. The molecule has 34 heavy (non-hydrogen) atoms. The summed E-state index contributed by atoms with van der Waals surface area (Å²) in [6.07, 6.45) is 3.47. The van der Waals surface area contributed by atoms with Crippen LogP contribution in [-0.4, -0.2) is 44.1 Å². The lowest BCUT2D eigenvalue weighted by atomic mass is 10.2. The van der Waals surface area contributed by atoms with Crippen molar-refractivity contribution in [3.05, 3.63) is 78.9 Å². The highest BCUT2D eigenvalue weighted by Crippen LogP contribution is 2.32.